The minimum absolute atomic E-state index is 0.789. The Morgan fingerprint density at radius 1 is 1.16 bits per heavy atom. The Bertz CT molecular complexity index is 421. The maximum absolute atomic E-state index is 5.46. The topological polar surface area (TPSA) is 15.7 Å². The zero-order valence-corrected chi connectivity index (χ0v) is 11.8. The number of piperazine rings is 1. The van der Waals surface area contributed by atoms with Gasteiger partial charge in [-0.05, 0) is 25.5 Å². The van der Waals surface area contributed by atoms with E-state index in [-0.39, 0.29) is 0 Å². The molecule has 0 amide bonds. The van der Waals surface area contributed by atoms with Crippen molar-refractivity contribution in [1.29, 1.82) is 0 Å². The van der Waals surface area contributed by atoms with Crippen LogP contribution in [0.15, 0.2) is 24.3 Å². The van der Waals surface area contributed by atoms with Crippen LogP contribution in [0.3, 0.4) is 0 Å². The van der Waals surface area contributed by atoms with E-state index < -0.39 is 0 Å². The lowest BCUT2D eigenvalue weighted by Gasteiger charge is -2.44. The lowest BCUT2D eigenvalue weighted by Crippen LogP contribution is -2.54. The second kappa shape index (κ2) is 5.93. The standard InChI is InChI=1S/C16H24N2O/c1-19-16-8-3-2-6-14(16)12-17-10-11-18-9-5-4-7-15(18)13-17/h2-3,6,8,15H,4-5,7,9-13H2,1H3. The largest absolute Gasteiger partial charge is 0.496 e. The summed E-state index contributed by atoms with van der Waals surface area (Å²) >= 11 is 0. The number of ether oxygens (including phenoxy) is 1. The minimum atomic E-state index is 0.789. The molecular formula is C16H24N2O. The van der Waals surface area contributed by atoms with E-state index in [1.54, 1.807) is 7.11 Å². The number of nitrogens with zero attached hydrogens (tertiary/aromatic N) is 2. The van der Waals surface area contributed by atoms with Crippen LogP contribution in [0.25, 0.3) is 0 Å². The molecule has 2 saturated heterocycles. The van der Waals surface area contributed by atoms with Gasteiger partial charge in [0, 0.05) is 37.8 Å². The number of para-hydroxylation sites is 1. The molecule has 19 heavy (non-hydrogen) atoms. The molecule has 3 nitrogen and oxygen atoms in total. The van der Waals surface area contributed by atoms with Crippen LogP contribution in [0.1, 0.15) is 24.8 Å². The van der Waals surface area contributed by atoms with E-state index >= 15 is 0 Å². The number of fused-ring (bicyclic) bond motifs is 1. The third-order valence-electron chi connectivity index (χ3n) is 4.51. The van der Waals surface area contributed by atoms with Gasteiger partial charge in [0.1, 0.15) is 5.75 Å². The van der Waals surface area contributed by atoms with Crippen molar-refractivity contribution in [1.82, 2.24) is 9.80 Å². The van der Waals surface area contributed by atoms with E-state index in [4.69, 9.17) is 4.74 Å². The lowest BCUT2D eigenvalue weighted by molar-refractivity contribution is 0.0453. The Labute approximate surface area is 116 Å². The summed E-state index contributed by atoms with van der Waals surface area (Å²) < 4.78 is 5.46. The monoisotopic (exact) mass is 260 g/mol. The minimum Gasteiger partial charge on any atom is -0.496 e. The summed E-state index contributed by atoms with van der Waals surface area (Å²) in [7, 11) is 1.76. The lowest BCUT2D eigenvalue weighted by atomic mass is 9.99. The van der Waals surface area contributed by atoms with Crippen LogP contribution in [0.4, 0.5) is 0 Å². The molecule has 104 valence electrons. The summed E-state index contributed by atoms with van der Waals surface area (Å²) in [5.74, 6) is 1.02. The van der Waals surface area contributed by atoms with Crippen molar-refractivity contribution >= 4 is 0 Å². The van der Waals surface area contributed by atoms with Crippen molar-refractivity contribution in [2.24, 2.45) is 0 Å². The summed E-state index contributed by atoms with van der Waals surface area (Å²) in [6.45, 7) is 5.98. The Morgan fingerprint density at radius 2 is 2.05 bits per heavy atom. The van der Waals surface area contributed by atoms with Crippen LogP contribution < -0.4 is 4.74 Å². The predicted molar refractivity (Wildman–Crippen MR) is 77.5 cm³/mol. The molecule has 2 aliphatic heterocycles. The first kappa shape index (κ1) is 12.9. The van der Waals surface area contributed by atoms with Gasteiger partial charge in [0.2, 0.25) is 0 Å². The fourth-order valence-corrected chi connectivity index (χ4v) is 3.44. The number of hydrogen-bond donors (Lipinski definition) is 0. The molecule has 3 rings (SSSR count). The van der Waals surface area contributed by atoms with Crippen LogP contribution >= 0.6 is 0 Å². The van der Waals surface area contributed by atoms with E-state index in [9.17, 15) is 0 Å². The molecule has 3 heteroatoms. The van der Waals surface area contributed by atoms with Gasteiger partial charge in [0.25, 0.3) is 0 Å². The fourth-order valence-electron chi connectivity index (χ4n) is 3.44. The summed E-state index contributed by atoms with van der Waals surface area (Å²) in [6, 6.07) is 9.19. The quantitative estimate of drug-likeness (QED) is 0.830. The molecule has 1 aromatic rings. The molecule has 2 aliphatic rings. The first-order valence-electron chi connectivity index (χ1n) is 7.45. The van der Waals surface area contributed by atoms with E-state index in [1.165, 1.54) is 51.0 Å². The molecule has 2 fully saturated rings. The molecule has 0 aliphatic carbocycles. The molecular weight excluding hydrogens is 236 g/mol. The average Bonchev–Trinajstić information content (AvgIpc) is 2.48. The van der Waals surface area contributed by atoms with Gasteiger partial charge in [0.05, 0.1) is 7.11 Å². The van der Waals surface area contributed by atoms with Gasteiger partial charge in [-0.2, -0.15) is 0 Å². The van der Waals surface area contributed by atoms with Crippen molar-refractivity contribution in [2.45, 2.75) is 31.8 Å². The highest BCUT2D eigenvalue weighted by molar-refractivity contribution is 5.33. The predicted octanol–water partition coefficient (Wildman–Crippen LogP) is 2.37. The molecule has 1 atom stereocenters. The van der Waals surface area contributed by atoms with Crippen LogP contribution in [-0.2, 0) is 6.54 Å². The Kier molecular flexibility index (Phi) is 4.04. The first-order chi connectivity index (χ1) is 9.36. The molecule has 0 saturated carbocycles. The van der Waals surface area contributed by atoms with Crippen LogP contribution in [0.5, 0.6) is 5.75 Å². The van der Waals surface area contributed by atoms with Crippen molar-refractivity contribution < 1.29 is 4.74 Å². The highest BCUT2D eigenvalue weighted by atomic mass is 16.5. The van der Waals surface area contributed by atoms with E-state index in [0.717, 1.165) is 18.3 Å². The van der Waals surface area contributed by atoms with E-state index in [2.05, 4.69) is 28.0 Å². The van der Waals surface area contributed by atoms with Crippen molar-refractivity contribution in [3.63, 3.8) is 0 Å². The summed E-state index contributed by atoms with van der Waals surface area (Å²) in [6.07, 6.45) is 4.18. The van der Waals surface area contributed by atoms with Crippen molar-refractivity contribution in [3.8, 4) is 5.75 Å². The highest BCUT2D eigenvalue weighted by Crippen LogP contribution is 2.24. The van der Waals surface area contributed by atoms with Crippen molar-refractivity contribution in [3.05, 3.63) is 29.8 Å². The maximum atomic E-state index is 5.46. The molecule has 0 radical (unpaired) electrons. The van der Waals surface area contributed by atoms with Crippen LogP contribution in [-0.4, -0.2) is 49.1 Å². The molecule has 0 N–H and O–H groups in total. The van der Waals surface area contributed by atoms with Gasteiger partial charge >= 0.3 is 0 Å². The Morgan fingerprint density at radius 3 is 2.95 bits per heavy atom. The average molecular weight is 260 g/mol. The Balaban J connectivity index is 1.64. The molecule has 0 spiro atoms. The Hall–Kier alpha value is -1.06. The number of rotatable bonds is 3. The number of hydrogen-bond acceptors (Lipinski definition) is 3. The zero-order chi connectivity index (χ0) is 13.1. The summed E-state index contributed by atoms with van der Waals surface area (Å²) in [5, 5.41) is 0. The fraction of sp³-hybridized carbons (Fsp3) is 0.625. The molecule has 1 unspecified atom stereocenters. The van der Waals surface area contributed by atoms with Gasteiger partial charge in [-0.1, -0.05) is 24.6 Å². The third-order valence-corrected chi connectivity index (χ3v) is 4.51. The molecule has 0 aromatic heterocycles. The molecule has 0 bridgehead atoms. The normalized spacial score (nSPS) is 25.0. The highest BCUT2D eigenvalue weighted by Gasteiger charge is 2.28. The third kappa shape index (κ3) is 2.93. The van der Waals surface area contributed by atoms with Gasteiger partial charge in [-0.25, -0.2) is 0 Å². The maximum Gasteiger partial charge on any atom is 0.123 e. The smallest absolute Gasteiger partial charge is 0.123 e. The second-order valence-electron chi connectivity index (χ2n) is 5.73. The number of piperidine rings is 1. The number of benzene rings is 1. The van der Waals surface area contributed by atoms with Crippen LogP contribution in [0.2, 0.25) is 0 Å². The SMILES string of the molecule is COc1ccccc1CN1CCN2CCCCC2C1. The zero-order valence-electron chi connectivity index (χ0n) is 11.8. The van der Waals surface area contributed by atoms with E-state index in [1.807, 2.05) is 6.07 Å². The molecule has 2 heterocycles. The molecule has 1 aromatic carbocycles. The summed E-state index contributed by atoms with van der Waals surface area (Å²) in [5.41, 5.74) is 1.31. The van der Waals surface area contributed by atoms with Crippen LogP contribution in [0, 0.1) is 0 Å². The van der Waals surface area contributed by atoms with Gasteiger partial charge in [-0.15, -0.1) is 0 Å². The van der Waals surface area contributed by atoms with Gasteiger partial charge < -0.3 is 4.74 Å². The second-order valence-corrected chi connectivity index (χ2v) is 5.73. The van der Waals surface area contributed by atoms with E-state index in [0.29, 0.717) is 0 Å². The summed E-state index contributed by atoms with van der Waals surface area (Å²) in [4.78, 5) is 5.27. The number of methoxy groups -OCH3 is 1. The van der Waals surface area contributed by atoms with Gasteiger partial charge in [0.15, 0.2) is 0 Å². The first-order valence-corrected chi connectivity index (χ1v) is 7.45. The van der Waals surface area contributed by atoms with Gasteiger partial charge in [-0.3, -0.25) is 9.80 Å². The van der Waals surface area contributed by atoms with Crippen molar-refractivity contribution in [2.75, 3.05) is 33.3 Å².